The van der Waals surface area contributed by atoms with Gasteiger partial charge in [0.2, 0.25) is 11.8 Å². The van der Waals surface area contributed by atoms with Crippen LogP contribution in [0.4, 0.5) is 18.9 Å². The third kappa shape index (κ3) is 5.29. The number of amides is 2. The van der Waals surface area contributed by atoms with Crippen molar-refractivity contribution in [3.05, 3.63) is 65.0 Å². The predicted octanol–water partition coefficient (Wildman–Crippen LogP) is 2.33. The fourth-order valence-electron chi connectivity index (χ4n) is 3.55. The number of para-hydroxylation sites is 1. The minimum Gasteiger partial charge on any atom is -0.329 e. The summed E-state index contributed by atoms with van der Waals surface area (Å²) in [5.41, 5.74) is 7.09. The highest BCUT2D eigenvalue weighted by molar-refractivity contribution is 6.02. The number of carbonyl (C=O) groups excluding carboxylic acids is 3. The van der Waals surface area contributed by atoms with Crippen molar-refractivity contribution in [1.82, 2.24) is 4.90 Å². The molecule has 0 unspecified atom stereocenters. The molecule has 0 aromatic heterocycles. The van der Waals surface area contributed by atoms with E-state index in [9.17, 15) is 27.6 Å². The molecule has 0 spiro atoms. The van der Waals surface area contributed by atoms with Gasteiger partial charge in [-0.3, -0.25) is 14.4 Å². The molecule has 1 aliphatic heterocycles. The molecular weight excluding hydrogens is 411 g/mol. The highest BCUT2D eigenvalue weighted by Gasteiger charge is 2.30. The van der Waals surface area contributed by atoms with E-state index >= 15 is 0 Å². The number of hydrogen-bond acceptors (Lipinski definition) is 4. The Hall–Kier alpha value is -3.20. The summed E-state index contributed by atoms with van der Waals surface area (Å²) >= 11 is 0. The Morgan fingerprint density at radius 3 is 2.45 bits per heavy atom. The van der Waals surface area contributed by atoms with Crippen molar-refractivity contribution in [3.63, 3.8) is 0 Å². The Bertz CT molecular complexity index is 1030. The van der Waals surface area contributed by atoms with Crippen molar-refractivity contribution in [2.45, 2.75) is 32.4 Å². The van der Waals surface area contributed by atoms with Crippen molar-refractivity contribution in [3.8, 4) is 0 Å². The molecule has 0 saturated carbocycles. The van der Waals surface area contributed by atoms with Gasteiger partial charge < -0.3 is 15.5 Å². The Morgan fingerprint density at radius 1 is 1.06 bits per heavy atom. The van der Waals surface area contributed by atoms with Gasteiger partial charge in [0.1, 0.15) is 18.1 Å². The van der Waals surface area contributed by atoms with Crippen LogP contribution in [0.25, 0.3) is 0 Å². The van der Waals surface area contributed by atoms with E-state index in [1.165, 1.54) is 16.7 Å². The zero-order valence-electron chi connectivity index (χ0n) is 16.9. The summed E-state index contributed by atoms with van der Waals surface area (Å²) in [6.45, 7) is 1.17. The van der Waals surface area contributed by atoms with Gasteiger partial charge in [-0.1, -0.05) is 18.2 Å². The molecule has 2 aromatic rings. The lowest BCUT2D eigenvalue weighted by atomic mass is 10.0. The zero-order valence-corrected chi connectivity index (χ0v) is 16.9. The number of rotatable bonds is 6. The average Bonchev–Trinajstić information content (AvgIpc) is 2.83. The molecule has 1 atom stereocenters. The van der Waals surface area contributed by atoms with Gasteiger partial charge in [0.25, 0.3) is 0 Å². The van der Waals surface area contributed by atoms with Crippen LogP contribution in [0, 0.1) is 17.5 Å². The number of carbonyl (C=O) groups is 3. The Morgan fingerprint density at radius 2 is 1.74 bits per heavy atom. The zero-order chi connectivity index (χ0) is 22.7. The van der Waals surface area contributed by atoms with Gasteiger partial charge in [-0.25, -0.2) is 13.2 Å². The molecule has 164 valence electrons. The Labute approximate surface area is 177 Å². The monoisotopic (exact) mass is 433 g/mol. The first-order valence-corrected chi connectivity index (χ1v) is 9.70. The number of nitrogens with two attached hydrogens (primary N) is 1. The molecule has 2 N–H and O–H groups in total. The number of nitrogens with zero attached hydrogens (tertiary/aromatic N) is 2. The molecule has 1 heterocycles. The van der Waals surface area contributed by atoms with Crippen molar-refractivity contribution >= 4 is 23.3 Å². The second-order valence-electron chi connectivity index (χ2n) is 7.59. The summed E-state index contributed by atoms with van der Waals surface area (Å²) in [6.07, 6.45) is -0.399. The normalized spacial score (nSPS) is 14.8. The smallest absolute Gasteiger partial charge is 0.247 e. The first-order valence-electron chi connectivity index (χ1n) is 9.70. The quantitative estimate of drug-likeness (QED) is 0.709. The summed E-state index contributed by atoms with van der Waals surface area (Å²) in [7, 11) is 0. The van der Waals surface area contributed by atoms with Gasteiger partial charge in [0, 0.05) is 30.8 Å². The summed E-state index contributed by atoms with van der Waals surface area (Å²) in [5.74, 6) is -4.49. The second kappa shape index (κ2) is 9.30. The summed E-state index contributed by atoms with van der Waals surface area (Å²) < 4.78 is 40.4. The van der Waals surface area contributed by atoms with Crippen molar-refractivity contribution in [2.24, 2.45) is 5.73 Å². The maximum atomic E-state index is 13.9. The lowest BCUT2D eigenvalue weighted by Crippen LogP contribution is -2.43. The predicted molar refractivity (Wildman–Crippen MR) is 108 cm³/mol. The number of hydrogen-bond donors (Lipinski definition) is 1. The Balaban J connectivity index is 1.74. The first-order chi connectivity index (χ1) is 14.7. The summed E-state index contributed by atoms with van der Waals surface area (Å²) in [4.78, 5) is 39.8. The maximum absolute atomic E-state index is 13.9. The van der Waals surface area contributed by atoms with E-state index in [-0.39, 0.29) is 43.8 Å². The molecule has 0 bridgehead atoms. The van der Waals surface area contributed by atoms with Crippen molar-refractivity contribution < 1.29 is 27.6 Å². The number of halogens is 3. The largest absolute Gasteiger partial charge is 0.329 e. The topological polar surface area (TPSA) is 83.7 Å². The molecule has 0 aliphatic carbocycles. The lowest BCUT2D eigenvalue weighted by molar-refractivity contribution is -0.136. The van der Waals surface area contributed by atoms with E-state index in [0.29, 0.717) is 17.3 Å². The molecule has 1 aliphatic rings. The van der Waals surface area contributed by atoms with Crippen molar-refractivity contribution in [2.75, 3.05) is 18.0 Å². The van der Waals surface area contributed by atoms with E-state index in [4.69, 9.17) is 5.73 Å². The molecule has 2 aromatic carbocycles. The average molecular weight is 433 g/mol. The summed E-state index contributed by atoms with van der Waals surface area (Å²) in [5, 5.41) is 0. The first kappa shape index (κ1) is 22.5. The molecule has 2 amide bonds. The van der Waals surface area contributed by atoms with Gasteiger partial charge in [-0.2, -0.15) is 0 Å². The number of ketones is 1. The van der Waals surface area contributed by atoms with E-state index in [0.717, 1.165) is 6.07 Å². The molecule has 6 nitrogen and oxygen atoms in total. The van der Waals surface area contributed by atoms with Crippen molar-refractivity contribution in [1.29, 1.82) is 0 Å². The SMILES string of the molecule is CC(=O)CN1C(=O)CN(C(=O)C[C@H](N)Cc2cc(F)c(F)cc2F)Cc2ccccc21. The van der Waals surface area contributed by atoms with Crippen LogP contribution in [0.2, 0.25) is 0 Å². The minimum atomic E-state index is -1.30. The van der Waals surface area contributed by atoms with Crippen LogP contribution < -0.4 is 10.6 Å². The third-order valence-electron chi connectivity index (χ3n) is 5.01. The van der Waals surface area contributed by atoms with Gasteiger partial charge in [-0.15, -0.1) is 0 Å². The molecule has 0 fully saturated rings. The Kier molecular flexibility index (Phi) is 6.74. The fraction of sp³-hybridized carbons (Fsp3) is 0.318. The number of fused-ring (bicyclic) bond motifs is 1. The van der Waals surface area contributed by atoms with Crippen LogP contribution in [0.15, 0.2) is 36.4 Å². The number of Topliss-reactive ketones (excluding diaryl/α,β-unsaturated/α-hetero) is 1. The fourth-order valence-corrected chi connectivity index (χ4v) is 3.55. The minimum absolute atomic E-state index is 0.104. The van der Waals surface area contributed by atoms with Crippen LogP contribution >= 0.6 is 0 Å². The number of anilines is 1. The number of benzene rings is 2. The molecular formula is C22H22F3N3O3. The van der Waals surface area contributed by atoms with Crippen LogP contribution in [-0.2, 0) is 27.3 Å². The van der Waals surface area contributed by atoms with E-state index in [2.05, 4.69) is 0 Å². The van der Waals surface area contributed by atoms with E-state index in [1.807, 2.05) is 0 Å². The highest BCUT2D eigenvalue weighted by atomic mass is 19.2. The van der Waals surface area contributed by atoms with Crippen LogP contribution in [0.5, 0.6) is 0 Å². The van der Waals surface area contributed by atoms with Crippen LogP contribution in [0.3, 0.4) is 0 Å². The molecule has 31 heavy (non-hydrogen) atoms. The second-order valence-corrected chi connectivity index (χ2v) is 7.59. The molecule has 0 radical (unpaired) electrons. The summed E-state index contributed by atoms with van der Waals surface area (Å²) in [6, 6.07) is 7.27. The lowest BCUT2D eigenvalue weighted by Gasteiger charge is -2.23. The molecule has 9 heteroatoms. The standard InChI is InChI=1S/C22H22F3N3O3/c1-13(29)10-28-20-5-3-2-4-14(20)11-27(12-22(28)31)21(30)8-16(26)6-15-7-18(24)19(25)9-17(15)23/h2-5,7,9,16H,6,8,10-12,26H2,1H3/t16-/m1/s1. The van der Waals surface area contributed by atoms with Gasteiger partial charge in [-0.05, 0) is 36.6 Å². The third-order valence-corrected chi connectivity index (χ3v) is 5.01. The van der Waals surface area contributed by atoms with Crippen LogP contribution in [0.1, 0.15) is 24.5 Å². The highest BCUT2D eigenvalue weighted by Crippen LogP contribution is 2.26. The molecule has 3 rings (SSSR count). The van der Waals surface area contributed by atoms with Crippen LogP contribution in [-0.4, -0.2) is 41.6 Å². The molecule has 0 saturated heterocycles. The van der Waals surface area contributed by atoms with Gasteiger partial charge >= 0.3 is 0 Å². The maximum Gasteiger partial charge on any atom is 0.247 e. The van der Waals surface area contributed by atoms with Gasteiger partial charge in [0.15, 0.2) is 11.6 Å². The van der Waals surface area contributed by atoms with Gasteiger partial charge in [0.05, 0.1) is 6.54 Å². The van der Waals surface area contributed by atoms with E-state index in [1.54, 1.807) is 24.3 Å². The van der Waals surface area contributed by atoms with E-state index < -0.39 is 35.3 Å².